The van der Waals surface area contributed by atoms with Crippen LogP contribution in [0.3, 0.4) is 0 Å². The molecule has 0 atom stereocenters. The molecule has 1 aromatic carbocycles. The maximum Gasteiger partial charge on any atom is 0.397 e. The number of carbonyl (C=O) groups excluding carboxylic acids is 1. The van der Waals surface area contributed by atoms with Gasteiger partial charge in [0, 0.05) is 6.26 Å². The van der Waals surface area contributed by atoms with E-state index in [0.717, 1.165) is 12.5 Å². The van der Waals surface area contributed by atoms with Gasteiger partial charge in [0.1, 0.15) is 6.42 Å². The van der Waals surface area contributed by atoms with Crippen LogP contribution in [0.1, 0.15) is 6.42 Å². The first-order valence-electron chi connectivity index (χ1n) is 6.27. The van der Waals surface area contributed by atoms with Crippen molar-refractivity contribution in [2.75, 3.05) is 11.6 Å². The number of hydrogen-bond acceptors (Lipinski definition) is 4. The first-order chi connectivity index (χ1) is 10.6. The van der Waals surface area contributed by atoms with Gasteiger partial charge in [-0.1, -0.05) is 12.1 Å². The lowest BCUT2D eigenvalue weighted by Gasteiger charge is -2.07. The molecule has 0 spiro atoms. The molecule has 10 heteroatoms. The molecular formula is C13H12F3N3O3S. The van der Waals surface area contributed by atoms with Crippen LogP contribution in [0.2, 0.25) is 0 Å². The van der Waals surface area contributed by atoms with E-state index >= 15 is 0 Å². The van der Waals surface area contributed by atoms with E-state index in [1.54, 1.807) is 6.07 Å². The van der Waals surface area contributed by atoms with E-state index in [2.05, 4.69) is 10.4 Å². The quantitative estimate of drug-likeness (QED) is 0.919. The van der Waals surface area contributed by atoms with Crippen molar-refractivity contribution in [3.8, 4) is 5.69 Å². The largest absolute Gasteiger partial charge is 0.397 e. The minimum atomic E-state index is -4.61. The number of rotatable bonds is 4. The first-order valence-corrected chi connectivity index (χ1v) is 8.16. The van der Waals surface area contributed by atoms with Crippen LogP contribution in [0.15, 0.2) is 41.6 Å². The van der Waals surface area contributed by atoms with Crippen molar-refractivity contribution >= 4 is 21.4 Å². The number of para-hydroxylation sites is 1. The van der Waals surface area contributed by atoms with Gasteiger partial charge >= 0.3 is 6.18 Å². The Morgan fingerprint density at radius 1 is 1.30 bits per heavy atom. The van der Waals surface area contributed by atoms with E-state index in [4.69, 9.17) is 0 Å². The number of benzene rings is 1. The molecule has 124 valence electrons. The van der Waals surface area contributed by atoms with Crippen molar-refractivity contribution in [1.29, 1.82) is 0 Å². The minimum absolute atomic E-state index is 0.0104. The fourth-order valence-electron chi connectivity index (χ4n) is 1.87. The third-order valence-corrected chi connectivity index (χ3v) is 3.88. The predicted octanol–water partition coefficient (Wildman–Crippen LogP) is 2.17. The molecule has 0 saturated carbocycles. The Labute approximate surface area is 129 Å². The van der Waals surface area contributed by atoms with Gasteiger partial charge in [-0.05, 0) is 12.1 Å². The topological polar surface area (TPSA) is 81.1 Å². The van der Waals surface area contributed by atoms with Crippen molar-refractivity contribution < 1.29 is 26.4 Å². The van der Waals surface area contributed by atoms with Gasteiger partial charge in [0.05, 0.1) is 28.7 Å². The summed E-state index contributed by atoms with van der Waals surface area (Å²) in [6.07, 6.45) is -2.83. The number of anilines is 1. The Hall–Kier alpha value is -2.36. The van der Waals surface area contributed by atoms with Crippen molar-refractivity contribution in [3.05, 3.63) is 36.7 Å². The van der Waals surface area contributed by atoms with E-state index < -0.39 is 28.3 Å². The van der Waals surface area contributed by atoms with E-state index in [1.165, 1.54) is 29.1 Å². The standard InChI is InChI=1S/C13H12F3N3O3S/c1-23(21,22)11-5-3-2-4-10(11)19-8-9(7-17-19)18-12(20)6-13(14,15)16/h2-5,7-8H,6H2,1H3,(H,18,20). The summed E-state index contributed by atoms with van der Waals surface area (Å²) in [4.78, 5) is 11.2. The molecular weight excluding hydrogens is 335 g/mol. The molecule has 2 aromatic rings. The molecule has 0 aliphatic rings. The Morgan fingerprint density at radius 3 is 2.57 bits per heavy atom. The number of amides is 1. The molecule has 1 N–H and O–H groups in total. The molecule has 23 heavy (non-hydrogen) atoms. The Kier molecular flexibility index (Phi) is 4.46. The van der Waals surface area contributed by atoms with Gasteiger partial charge in [-0.3, -0.25) is 4.79 Å². The Balaban J connectivity index is 2.26. The maximum absolute atomic E-state index is 12.1. The second-order valence-corrected chi connectivity index (χ2v) is 6.74. The van der Waals surface area contributed by atoms with E-state index in [1.807, 2.05) is 0 Å². The highest BCUT2D eigenvalue weighted by Gasteiger charge is 2.31. The molecule has 6 nitrogen and oxygen atoms in total. The Morgan fingerprint density at radius 2 is 1.96 bits per heavy atom. The van der Waals surface area contributed by atoms with E-state index in [9.17, 15) is 26.4 Å². The number of aromatic nitrogens is 2. The molecule has 1 heterocycles. The fraction of sp³-hybridized carbons (Fsp3) is 0.231. The number of nitrogens with one attached hydrogen (secondary N) is 1. The lowest BCUT2D eigenvalue weighted by atomic mass is 10.3. The van der Waals surface area contributed by atoms with Gasteiger partial charge in [-0.25, -0.2) is 13.1 Å². The molecule has 1 aromatic heterocycles. The third-order valence-electron chi connectivity index (χ3n) is 2.74. The van der Waals surface area contributed by atoms with Gasteiger partial charge < -0.3 is 5.32 Å². The van der Waals surface area contributed by atoms with E-state index in [-0.39, 0.29) is 16.3 Å². The van der Waals surface area contributed by atoms with Crippen LogP contribution in [0.5, 0.6) is 0 Å². The maximum atomic E-state index is 12.1. The molecule has 0 bridgehead atoms. The first kappa shape index (κ1) is 17.0. The molecule has 0 aliphatic heterocycles. The summed E-state index contributed by atoms with van der Waals surface area (Å²) < 4.78 is 61.0. The molecule has 0 radical (unpaired) electrons. The second kappa shape index (κ2) is 6.03. The number of halogens is 3. The summed E-state index contributed by atoms with van der Waals surface area (Å²) in [5.41, 5.74) is 0.258. The monoisotopic (exact) mass is 347 g/mol. The SMILES string of the molecule is CS(=O)(=O)c1ccccc1-n1cc(NC(=O)CC(F)(F)F)cn1. The molecule has 2 rings (SSSR count). The highest BCUT2D eigenvalue weighted by atomic mass is 32.2. The highest BCUT2D eigenvalue weighted by Crippen LogP contribution is 2.22. The molecule has 0 fully saturated rings. The average molecular weight is 347 g/mol. The number of nitrogens with zero attached hydrogens (tertiary/aromatic N) is 2. The van der Waals surface area contributed by atoms with Crippen LogP contribution in [-0.2, 0) is 14.6 Å². The lowest BCUT2D eigenvalue weighted by Crippen LogP contribution is -2.20. The summed E-state index contributed by atoms with van der Waals surface area (Å²) in [6, 6.07) is 6.00. The van der Waals surface area contributed by atoms with Crippen LogP contribution in [-0.4, -0.2) is 36.5 Å². The minimum Gasteiger partial charge on any atom is -0.323 e. The van der Waals surface area contributed by atoms with Crippen molar-refractivity contribution in [2.24, 2.45) is 0 Å². The molecule has 0 saturated heterocycles. The zero-order valence-electron chi connectivity index (χ0n) is 11.8. The number of alkyl halides is 3. The fourth-order valence-corrected chi connectivity index (χ4v) is 2.73. The number of sulfone groups is 1. The van der Waals surface area contributed by atoms with Crippen LogP contribution in [0.4, 0.5) is 18.9 Å². The predicted molar refractivity (Wildman–Crippen MR) is 76.0 cm³/mol. The summed E-state index contributed by atoms with van der Waals surface area (Å²) in [5.74, 6) is -1.23. The van der Waals surface area contributed by atoms with Crippen molar-refractivity contribution in [3.63, 3.8) is 0 Å². The summed E-state index contributed by atoms with van der Waals surface area (Å²) in [5, 5.41) is 5.92. The number of carbonyl (C=O) groups is 1. The summed E-state index contributed by atoms with van der Waals surface area (Å²) in [7, 11) is -3.52. The number of hydrogen-bond donors (Lipinski definition) is 1. The average Bonchev–Trinajstić information content (AvgIpc) is 2.83. The van der Waals surface area contributed by atoms with Crippen LogP contribution < -0.4 is 5.32 Å². The van der Waals surface area contributed by atoms with Gasteiger partial charge in [0.2, 0.25) is 5.91 Å². The molecule has 0 aliphatic carbocycles. The van der Waals surface area contributed by atoms with Crippen molar-refractivity contribution in [2.45, 2.75) is 17.5 Å². The van der Waals surface area contributed by atoms with Crippen LogP contribution in [0, 0.1) is 0 Å². The van der Waals surface area contributed by atoms with Gasteiger partial charge in [0.25, 0.3) is 0 Å². The smallest absolute Gasteiger partial charge is 0.323 e. The normalized spacial score (nSPS) is 12.2. The zero-order chi connectivity index (χ0) is 17.3. The molecule has 1 amide bonds. The zero-order valence-corrected chi connectivity index (χ0v) is 12.6. The van der Waals surface area contributed by atoms with Crippen LogP contribution >= 0.6 is 0 Å². The third kappa shape index (κ3) is 4.55. The highest BCUT2D eigenvalue weighted by molar-refractivity contribution is 7.90. The Bertz CT molecular complexity index is 828. The van der Waals surface area contributed by atoms with Crippen molar-refractivity contribution in [1.82, 2.24) is 9.78 Å². The lowest BCUT2D eigenvalue weighted by molar-refractivity contribution is -0.150. The van der Waals surface area contributed by atoms with Crippen LogP contribution in [0.25, 0.3) is 5.69 Å². The second-order valence-electron chi connectivity index (χ2n) is 4.75. The van der Waals surface area contributed by atoms with Gasteiger partial charge in [-0.2, -0.15) is 18.3 Å². The van der Waals surface area contributed by atoms with Gasteiger partial charge in [0.15, 0.2) is 9.84 Å². The molecule has 0 unspecified atom stereocenters. The van der Waals surface area contributed by atoms with E-state index in [0.29, 0.717) is 0 Å². The summed E-state index contributed by atoms with van der Waals surface area (Å²) in [6.45, 7) is 0. The summed E-state index contributed by atoms with van der Waals surface area (Å²) >= 11 is 0. The van der Waals surface area contributed by atoms with Gasteiger partial charge in [-0.15, -0.1) is 0 Å².